The minimum absolute atomic E-state index is 0.0803. The van der Waals surface area contributed by atoms with E-state index in [0.29, 0.717) is 22.4 Å². The fraction of sp³-hybridized carbons (Fsp3) is 0.0370. The standard InChI is InChI=1S/C27H18ClN3O3/c28-23-24(26(33)19-6-2-1-5-18(19)25(23)32)30-15-16-10-12-17(13-11-16)27(34)31-22-9-3-8-21-20(22)7-4-14-29-21/h1-14,30H,15H2,(H,31,34). The van der Waals surface area contributed by atoms with Crippen LogP contribution >= 0.6 is 11.6 Å². The number of amides is 1. The van der Waals surface area contributed by atoms with E-state index in [-0.39, 0.29) is 34.7 Å². The van der Waals surface area contributed by atoms with Crippen LogP contribution in [0.3, 0.4) is 0 Å². The molecule has 0 aliphatic heterocycles. The van der Waals surface area contributed by atoms with Crippen molar-refractivity contribution in [2.75, 3.05) is 5.32 Å². The molecule has 0 saturated heterocycles. The number of anilines is 1. The SMILES string of the molecule is O=C(Nc1cccc2ncccc12)c1ccc(CNC2=C(Cl)C(=O)c3ccccc3C2=O)cc1. The predicted molar refractivity (Wildman–Crippen MR) is 131 cm³/mol. The fourth-order valence-corrected chi connectivity index (χ4v) is 4.13. The largest absolute Gasteiger partial charge is 0.376 e. The van der Waals surface area contributed by atoms with Crippen LogP contribution in [0.1, 0.15) is 36.6 Å². The first-order valence-electron chi connectivity index (χ1n) is 10.6. The number of nitrogens with zero attached hydrogens (tertiary/aromatic N) is 1. The zero-order chi connectivity index (χ0) is 23.7. The summed E-state index contributed by atoms with van der Waals surface area (Å²) in [5.74, 6) is -0.943. The third kappa shape index (κ3) is 3.95. The molecular formula is C27H18ClN3O3. The van der Waals surface area contributed by atoms with Gasteiger partial charge in [0.1, 0.15) is 10.7 Å². The van der Waals surface area contributed by atoms with Crippen molar-refractivity contribution in [1.82, 2.24) is 10.3 Å². The Kier molecular flexibility index (Phi) is 5.65. The van der Waals surface area contributed by atoms with Crippen molar-refractivity contribution < 1.29 is 14.4 Å². The fourth-order valence-electron chi connectivity index (χ4n) is 3.87. The highest BCUT2D eigenvalue weighted by Gasteiger charge is 2.30. The molecule has 0 unspecified atom stereocenters. The Morgan fingerprint density at radius 3 is 2.32 bits per heavy atom. The second-order valence-electron chi connectivity index (χ2n) is 7.77. The van der Waals surface area contributed by atoms with Gasteiger partial charge < -0.3 is 10.6 Å². The van der Waals surface area contributed by atoms with Crippen molar-refractivity contribution >= 4 is 45.7 Å². The van der Waals surface area contributed by atoms with Gasteiger partial charge in [-0.1, -0.05) is 54.1 Å². The summed E-state index contributed by atoms with van der Waals surface area (Å²) in [5.41, 5.74) is 3.51. The molecule has 1 aliphatic carbocycles. The number of hydrogen-bond donors (Lipinski definition) is 2. The lowest BCUT2D eigenvalue weighted by atomic mass is 9.92. The van der Waals surface area contributed by atoms with Crippen molar-refractivity contribution in [2.45, 2.75) is 6.54 Å². The summed E-state index contributed by atoms with van der Waals surface area (Å²) in [7, 11) is 0. The molecule has 166 valence electrons. The second kappa shape index (κ2) is 8.92. The van der Waals surface area contributed by atoms with E-state index in [1.807, 2.05) is 30.3 Å². The van der Waals surface area contributed by atoms with Crippen LogP contribution in [0.5, 0.6) is 0 Å². The van der Waals surface area contributed by atoms with Gasteiger partial charge in [0.25, 0.3) is 5.91 Å². The molecule has 3 aromatic carbocycles. The zero-order valence-electron chi connectivity index (χ0n) is 17.8. The highest BCUT2D eigenvalue weighted by Crippen LogP contribution is 2.27. The van der Waals surface area contributed by atoms with E-state index in [1.165, 1.54) is 0 Å². The van der Waals surface area contributed by atoms with E-state index in [0.717, 1.165) is 16.5 Å². The molecule has 0 radical (unpaired) electrons. The van der Waals surface area contributed by atoms with Gasteiger partial charge in [0.2, 0.25) is 11.6 Å². The molecule has 1 heterocycles. The summed E-state index contributed by atoms with van der Waals surface area (Å²) in [5, 5.41) is 6.65. The molecule has 1 aliphatic rings. The number of nitrogens with one attached hydrogen (secondary N) is 2. The number of allylic oxidation sites excluding steroid dienone is 2. The van der Waals surface area contributed by atoms with Crippen LogP contribution < -0.4 is 10.6 Å². The monoisotopic (exact) mass is 467 g/mol. The molecule has 2 N–H and O–H groups in total. The maximum Gasteiger partial charge on any atom is 0.255 e. The Hall–Kier alpha value is -4.29. The van der Waals surface area contributed by atoms with Gasteiger partial charge >= 0.3 is 0 Å². The number of halogens is 1. The first-order valence-corrected chi connectivity index (χ1v) is 11.0. The lowest BCUT2D eigenvalue weighted by Gasteiger charge is -2.19. The third-order valence-electron chi connectivity index (χ3n) is 5.64. The Morgan fingerprint density at radius 2 is 1.56 bits per heavy atom. The quantitative estimate of drug-likeness (QED) is 0.426. The van der Waals surface area contributed by atoms with E-state index < -0.39 is 0 Å². The Balaban J connectivity index is 1.28. The first-order chi connectivity index (χ1) is 16.5. The molecular weight excluding hydrogens is 450 g/mol. The molecule has 0 spiro atoms. The van der Waals surface area contributed by atoms with E-state index in [9.17, 15) is 14.4 Å². The van der Waals surface area contributed by atoms with Gasteiger partial charge in [0, 0.05) is 34.8 Å². The van der Waals surface area contributed by atoms with Crippen molar-refractivity contribution in [3.63, 3.8) is 0 Å². The molecule has 1 amide bonds. The Bertz CT molecular complexity index is 1490. The molecule has 4 aromatic rings. The van der Waals surface area contributed by atoms with Gasteiger partial charge in [-0.05, 0) is 42.0 Å². The highest BCUT2D eigenvalue weighted by atomic mass is 35.5. The van der Waals surface area contributed by atoms with E-state index >= 15 is 0 Å². The maximum atomic E-state index is 12.8. The number of fused-ring (bicyclic) bond motifs is 2. The molecule has 34 heavy (non-hydrogen) atoms. The van der Waals surface area contributed by atoms with Gasteiger partial charge in [-0.2, -0.15) is 0 Å². The average Bonchev–Trinajstić information content (AvgIpc) is 2.88. The summed E-state index contributed by atoms with van der Waals surface area (Å²) in [6, 6.07) is 22.9. The van der Waals surface area contributed by atoms with E-state index in [4.69, 9.17) is 11.6 Å². The first kappa shape index (κ1) is 21.6. The summed E-state index contributed by atoms with van der Waals surface area (Å²) in [6.07, 6.45) is 1.71. The Morgan fingerprint density at radius 1 is 0.824 bits per heavy atom. The van der Waals surface area contributed by atoms with E-state index in [2.05, 4.69) is 15.6 Å². The summed E-state index contributed by atoms with van der Waals surface area (Å²) >= 11 is 6.20. The minimum Gasteiger partial charge on any atom is -0.376 e. The average molecular weight is 468 g/mol. The van der Waals surface area contributed by atoms with Crippen molar-refractivity contribution in [3.05, 3.63) is 118 Å². The molecule has 1 aromatic heterocycles. The van der Waals surface area contributed by atoms with Crippen molar-refractivity contribution in [1.29, 1.82) is 0 Å². The van der Waals surface area contributed by atoms with E-state index in [1.54, 1.807) is 54.7 Å². The molecule has 0 atom stereocenters. The van der Waals surface area contributed by atoms with Gasteiger partial charge in [-0.15, -0.1) is 0 Å². The summed E-state index contributed by atoms with van der Waals surface area (Å²) < 4.78 is 0. The van der Waals surface area contributed by atoms with Crippen molar-refractivity contribution in [2.24, 2.45) is 0 Å². The highest BCUT2D eigenvalue weighted by molar-refractivity contribution is 6.49. The number of rotatable bonds is 5. The van der Waals surface area contributed by atoms with Gasteiger partial charge in [0.15, 0.2) is 0 Å². The number of pyridine rings is 1. The van der Waals surface area contributed by atoms with Crippen LogP contribution in [0.25, 0.3) is 10.9 Å². The lowest BCUT2D eigenvalue weighted by molar-refractivity contribution is 0.0974. The third-order valence-corrected chi connectivity index (χ3v) is 6.00. The van der Waals surface area contributed by atoms with Crippen LogP contribution in [-0.2, 0) is 6.54 Å². The minimum atomic E-state index is -0.380. The molecule has 6 nitrogen and oxygen atoms in total. The molecule has 0 fully saturated rings. The summed E-state index contributed by atoms with van der Waals surface area (Å²) in [6.45, 7) is 0.267. The smallest absolute Gasteiger partial charge is 0.255 e. The topological polar surface area (TPSA) is 88.2 Å². The normalized spacial score (nSPS) is 13.1. The Labute approximate surface area is 200 Å². The number of ketones is 2. The summed E-state index contributed by atoms with van der Waals surface area (Å²) in [4.78, 5) is 42.4. The van der Waals surface area contributed by atoms with Gasteiger partial charge in [-0.3, -0.25) is 19.4 Å². The second-order valence-corrected chi connectivity index (χ2v) is 8.15. The van der Waals surface area contributed by atoms with Crippen LogP contribution in [0.15, 0.2) is 95.8 Å². The van der Waals surface area contributed by atoms with Crippen molar-refractivity contribution in [3.8, 4) is 0 Å². The lowest BCUT2D eigenvalue weighted by Crippen LogP contribution is -2.28. The van der Waals surface area contributed by atoms with Crippen LogP contribution in [0, 0.1) is 0 Å². The van der Waals surface area contributed by atoms with Crippen LogP contribution in [0.4, 0.5) is 5.69 Å². The zero-order valence-corrected chi connectivity index (χ0v) is 18.6. The number of benzene rings is 3. The van der Waals surface area contributed by atoms with Crippen LogP contribution in [-0.4, -0.2) is 22.5 Å². The van der Waals surface area contributed by atoms with Gasteiger partial charge in [-0.25, -0.2) is 0 Å². The number of aromatic nitrogens is 1. The molecule has 0 saturated carbocycles. The number of carbonyl (C=O) groups is 3. The number of carbonyl (C=O) groups excluding carboxylic acids is 3. The molecule has 0 bridgehead atoms. The maximum absolute atomic E-state index is 12.8. The molecule has 7 heteroatoms. The number of hydrogen-bond acceptors (Lipinski definition) is 5. The predicted octanol–water partition coefficient (Wildman–Crippen LogP) is 5.11. The van der Waals surface area contributed by atoms with Crippen LogP contribution in [0.2, 0.25) is 0 Å². The van der Waals surface area contributed by atoms with Gasteiger partial charge in [0.05, 0.1) is 11.2 Å². The molecule has 5 rings (SSSR count). The number of Topliss-reactive ketones (excluding diaryl/α,β-unsaturated/α-hetero) is 2.